The van der Waals surface area contributed by atoms with E-state index in [0.717, 1.165) is 0 Å². The number of carbonyl (C=O) groups is 1. The van der Waals surface area contributed by atoms with Crippen molar-refractivity contribution in [3.05, 3.63) is 53.7 Å². The zero-order valence-electron chi connectivity index (χ0n) is 12.0. The van der Waals surface area contributed by atoms with Crippen molar-refractivity contribution < 1.29 is 19.0 Å². The third-order valence-corrected chi connectivity index (χ3v) is 2.75. The van der Waals surface area contributed by atoms with Gasteiger partial charge in [-0.1, -0.05) is 0 Å². The highest BCUT2D eigenvalue weighted by Crippen LogP contribution is 2.11. The molecule has 0 spiro atoms. The van der Waals surface area contributed by atoms with Crippen molar-refractivity contribution in [3.8, 4) is 17.7 Å². The van der Waals surface area contributed by atoms with E-state index in [-0.39, 0.29) is 13.2 Å². The molecule has 0 aliphatic rings. The molecule has 0 fully saturated rings. The number of pyridine rings is 1. The van der Waals surface area contributed by atoms with Crippen LogP contribution in [0.5, 0.6) is 11.6 Å². The Kier molecular flexibility index (Phi) is 5.32. The second kappa shape index (κ2) is 7.64. The fraction of sp³-hybridized carbons (Fsp3) is 0.188. The first-order valence-corrected chi connectivity index (χ1v) is 6.53. The lowest BCUT2D eigenvalue weighted by Gasteiger charge is -2.07. The highest BCUT2D eigenvalue weighted by atomic mass is 16.6. The van der Waals surface area contributed by atoms with E-state index in [1.807, 2.05) is 6.07 Å². The first kappa shape index (κ1) is 15.3. The van der Waals surface area contributed by atoms with Crippen LogP contribution in [0.15, 0.2) is 42.6 Å². The highest BCUT2D eigenvalue weighted by Gasteiger charge is 2.07. The van der Waals surface area contributed by atoms with Gasteiger partial charge in [0.25, 0.3) is 0 Å². The molecule has 2 aromatic rings. The van der Waals surface area contributed by atoms with Crippen LogP contribution >= 0.6 is 0 Å². The maximum absolute atomic E-state index is 11.7. The van der Waals surface area contributed by atoms with Gasteiger partial charge < -0.3 is 14.2 Å². The van der Waals surface area contributed by atoms with Crippen molar-refractivity contribution in [3.63, 3.8) is 0 Å². The van der Waals surface area contributed by atoms with Crippen LogP contribution in [0, 0.1) is 11.3 Å². The number of ether oxygens (including phenoxy) is 3. The molecule has 22 heavy (non-hydrogen) atoms. The van der Waals surface area contributed by atoms with Crippen LogP contribution in [0.3, 0.4) is 0 Å². The minimum Gasteiger partial charge on any atom is -0.490 e. The predicted molar refractivity (Wildman–Crippen MR) is 77.7 cm³/mol. The highest BCUT2D eigenvalue weighted by molar-refractivity contribution is 5.89. The summed E-state index contributed by atoms with van der Waals surface area (Å²) in [7, 11) is 1.50. The van der Waals surface area contributed by atoms with E-state index in [4.69, 9.17) is 19.5 Å². The summed E-state index contributed by atoms with van der Waals surface area (Å²) in [5, 5.41) is 8.68. The van der Waals surface area contributed by atoms with E-state index in [1.54, 1.807) is 36.4 Å². The van der Waals surface area contributed by atoms with Gasteiger partial charge in [0.15, 0.2) is 0 Å². The fourth-order valence-corrected chi connectivity index (χ4v) is 1.62. The Morgan fingerprint density at radius 3 is 2.55 bits per heavy atom. The summed E-state index contributed by atoms with van der Waals surface area (Å²) >= 11 is 0. The van der Waals surface area contributed by atoms with Crippen molar-refractivity contribution in [2.75, 3.05) is 20.3 Å². The molecule has 0 aliphatic carbocycles. The number of hydrogen-bond acceptors (Lipinski definition) is 6. The van der Waals surface area contributed by atoms with E-state index >= 15 is 0 Å². The summed E-state index contributed by atoms with van der Waals surface area (Å²) in [5.41, 5.74) is 0.907. The predicted octanol–water partition coefficient (Wildman–Crippen LogP) is 2.20. The fourth-order valence-electron chi connectivity index (χ4n) is 1.62. The quantitative estimate of drug-likeness (QED) is 0.600. The van der Waals surface area contributed by atoms with Gasteiger partial charge in [-0.15, -0.1) is 0 Å². The van der Waals surface area contributed by atoms with Crippen molar-refractivity contribution in [1.82, 2.24) is 4.98 Å². The number of aromatic nitrogens is 1. The third-order valence-electron chi connectivity index (χ3n) is 2.75. The van der Waals surface area contributed by atoms with E-state index in [0.29, 0.717) is 22.8 Å². The van der Waals surface area contributed by atoms with Crippen LogP contribution in [0.2, 0.25) is 0 Å². The monoisotopic (exact) mass is 298 g/mol. The molecule has 0 radical (unpaired) electrons. The average Bonchev–Trinajstić information content (AvgIpc) is 2.59. The third kappa shape index (κ3) is 4.21. The van der Waals surface area contributed by atoms with Gasteiger partial charge in [0.1, 0.15) is 19.0 Å². The summed E-state index contributed by atoms with van der Waals surface area (Å²) in [6, 6.07) is 11.9. The number of esters is 1. The number of hydrogen-bond donors (Lipinski definition) is 0. The van der Waals surface area contributed by atoms with Crippen LogP contribution in [-0.4, -0.2) is 31.3 Å². The first-order valence-electron chi connectivity index (χ1n) is 6.53. The lowest BCUT2D eigenvalue weighted by molar-refractivity contribution is 0.0450. The Hall–Kier alpha value is -3.07. The molecule has 2 rings (SSSR count). The average molecular weight is 298 g/mol. The van der Waals surface area contributed by atoms with Crippen LogP contribution in [0.25, 0.3) is 0 Å². The lowest BCUT2D eigenvalue weighted by atomic mass is 10.2. The molecule has 0 unspecified atom stereocenters. The van der Waals surface area contributed by atoms with Crippen LogP contribution in [-0.2, 0) is 4.74 Å². The SMILES string of the molecule is COc1ccc(C(=O)OCCOc2ccc(C#N)cc2)cn1. The zero-order valence-corrected chi connectivity index (χ0v) is 12.0. The number of methoxy groups -OCH3 is 1. The molecule has 0 aliphatic heterocycles. The Labute approximate surface area is 127 Å². The molecule has 6 heteroatoms. The van der Waals surface area contributed by atoms with Gasteiger partial charge in [-0.25, -0.2) is 9.78 Å². The molecule has 6 nitrogen and oxygen atoms in total. The van der Waals surface area contributed by atoms with E-state index < -0.39 is 5.97 Å². The summed E-state index contributed by atoms with van der Waals surface area (Å²) in [5.74, 6) is 0.570. The number of nitrogens with zero attached hydrogens (tertiary/aromatic N) is 2. The molecule has 0 saturated heterocycles. The van der Waals surface area contributed by atoms with Gasteiger partial charge >= 0.3 is 5.97 Å². The van der Waals surface area contributed by atoms with Gasteiger partial charge in [0.2, 0.25) is 5.88 Å². The Morgan fingerprint density at radius 2 is 1.95 bits per heavy atom. The Bertz CT molecular complexity index is 660. The van der Waals surface area contributed by atoms with Gasteiger partial charge in [-0.3, -0.25) is 0 Å². The maximum atomic E-state index is 11.7. The molecule has 112 valence electrons. The number of nitriles is 1. The van der Waals surface area contributed by atoms with Crippen molar-refractivity contribution in [2.24, 2.45) is 0 Å². The van der Waals surface area contributed by atoms with Crippen LogP contribution < -0.4 is 9.47 Å². The largest absolute Gasteiger partial charge is 0.490 e. The standard InChI is InChI=1S/C16H14N2O4/c1-20-15-7-4-13(11-18-15)16(19)22-9-8-21-14-5-2-12(10-17)3-6-14/h2-7,11H,8-9H2,1H3. The smallest absolute Gasteiger partial charge is 0.339 e. The van der Waals surface area contributed by atoms with Crippen molar-refractivity contribution >= 4 is 5.97 Å². The number of benzene rings is 1. The minimum absolute atomic E-state index is 0.116. The van der Waals surface area contributed by atoms with Crippen LogP contribution in [0.1, 0.15) is 15.9 Å². The Morgan fingerprint density at radius 1 is 1.18 bits per heavy atom. The molecular formula is C16H14N2O4. The molecule has 0 saturated carbocycles. The van der Waals surface area contributed by atoms with E-state index in [2.05, 4.69) is 4.98 Å². The summed E-state index contributed by atoms with van der Waals surface area (Å²) in [6.07, 6.45) is 1.39. The van der Waals surface area contributed by atoms with Gasteiger partial charge in [0.05, 0.1) is 24.3 Å². The molecule has 0 bridgehead atoms. The molecule has 0 amide bonds. The first-order chi connectivity index (χ1) is 10.7. The molecule has 1 heterocycles. The minimum atomic E-state index is -0.474. The molecule has 1 aromatic carbocycles. The summed E-state index contributed by atoms with van der Waals surface area (Å²) < 4.78 is 15.4. The Balaban J connectivity index is 1.75. The normalized spacial score (nSPS) is 9.64. The number of rotatable bonds is 6. The topological polar surface area (TPSA) is 81.4 Å². The van der Waals surface area contributed by atoms with Gasteiger partial charge in [0, 0.05) is 12.3 Å². The molecule has 1 aromatic heterocycles. The lowest BCUT2D eigenvalue weighted by Crippen LogP contribution is -2.12. The van der Waals surface area contributed by atoms with E-state index in [1.165, 1.54) is 13.3 Å². The second-order valence-corrected chi connectivity index (χ2v) is 4.21. The van der Waals surface area contributed by atoms with E-state index in [9.17, 15) is 4.79 Å². The summed E-state index contributed by atoms with van der Waals surface area (Å²) in [6.45, 7) is 0.339. The zero-order chi connectivity index (χ0) is 15.8. The number of carbonyl (C=O) groups excluding carboxylic acids is 1. The van der Waals surface area contributed by atoms with Crippen molar-refractivity contribution in [2.45, 2.75) is 0 Å². The molecule has 0 N–H and O–H groups in total. The van der Waals surface area contributed by atoms with Gasteiger partial charge in [-0.05, 0) is 30.3 Å². The molecule has 0 atom stereocenters. The van der Waals surface area contributed by atoms with Gasteiger partial charge in [-0.2, -0.15) is 5.26 Å². The van der Waals surface area contributed by atoms with Crippen molar-refractivity contribution in [1.29, 1.82) is 5.26 Å². The van der Waals surface area contributed by atoms with Crippen LogP contribution in [0.4, 0.5) is 0 Å². The second-order valence-electron chi connectivity index (χ2n) is 4.21. The summed E-state index contributed by atoms with van der Waals surface area (Å²) in [4.78, 5) is 15.7. The molecular weight excluding hydrogens is 284 g/mol. The maximum Gasteiger partial charge on any atom is 0.339 e.